The van der Waals surface area contributed by atoms with Crippen LogP contribution in [0, 0.1) is 13.8 Å². The molecule has 3 heterocycles. The second-order valence-electron chi connectivity index (χ2n) is 8.04. The maximum atomic E-state index is 13.7. The Morgan fingerprint density at radius 2 is 1.85 bits per heavy atom. The van der Waals surface area contributed by atoms with Crippen molar-refractivity contribution >= 4 is 39.9 Å². The minimum absolute atomic E-state index is 0.0650. The summed E-state index contributed by atoms with van der Waals surface area (Å²) in [6, 6.07) is 14.4. The molecule has 2 aromatic carbocycles. The molecule has 1 atom stereocenters. The van der Waals surface area contributed by atoms with E-state index in [-0.39, 0.29) is 11.3 Å². The van der Waals surface area contributed by atoms with Gasteiger partial charge in [0, 0.05) is 22.2 Å². The van der Waals surface area contributed by atoms with Gasteiger partial charge in [0.25, 0.3) is 5.91 Å². The number of furan rings is 2. The summed E-state index contributed by atoms with van der Waals surface area (Å²) in [5, 5.41) is 11.9. The first-order chi connectivity index (χ1) is 16.3. The summed E-state index contributed by atoms with van der Waals surface area (Å²) in [5.74, 6) is -0.750. The molecule has 1 N–H and O–H groups in total. The van der Waals surface area contributed by atoms with Crippen molar-refractivity contribution in [2.24, 2.45) is 0 Å². The van der Waals surface area contributed by atoms with E-state index in [4.69, 9.17) is 25.2 Å². The summed E-state index contributed by atoms with van der Waals surface area (Å²) in [4.78, 5) is 28.3. The molecule has 8 heteroatoms. The minimum Gasteiger partial charge on any atom is -0.503 e. The third-order valence-electron chi connectivity index (χ3n) is 5.85. The highest BCUT2D eigenvalue weighted by Crippen LogP contribution is 2.44. The molecule has 1 amide bonds. The van der Waals surface area contributed by atoms with E-state index in [9.17, 15) is 14.7 Å². The number of methoxy groups -OCH3 is 1. The molecule has 2 aromatic heterocycles. The molecule has 1 unspecified atom stereocenters. The van der Waals surface area contributed by atoms with E-state index in [0.29, 0.717) is 38.9 Å². The van der Waals surface area contributed by atoms with Gasteiger partial charge in [-0.15, -0.1) is 0 Å². The number of ether oxygens (including phenoxy) is 1. The van der Waals surface area contributed by atoms with Crippen LogP contribution in [0.3, 0.4) is 0 Å². The van der Waals surface area contributed by atoms with Crippen molar-refractivity contribution < 1.29 is 28.3 Å². The second-order valence-corrected chi connectivity index (χ2v) is 8.48. The van der Waals surface area contributed by atoms with Crippen molar-refractivity contribution in [1.82, 2.24) is 0 Å². The van der Waals surface area contributed by atoms with E-state index < -0.39 is 23.5 Å². The van der Waals surface area contributed by atoms with Crippen LogP contribution in [-0.2, 0) is 4.79 Å². The number of halogens is 1. The largest absolute Gasteiger partial charge is 0.503 e. The number of aliphatic hydroxyl groups excluding tert-OH is 1. The third kappa shape index (κ3) is 3.36. The van der Waals surface area contributed by atoms with Crippen molar-refractivity contribution in [1.29, 1.82) is 0 Å². The summed E-state index contributed by atoms with van der Waals surface area (Å²) in [6.45, 7) is 3.61. The lowest BCUT2D eigenvalue weighted by molar-refractivity contribution is -0.117. The molecular weight excluding hydrogens is 458 g/mol. The molecular formula is C26H20ClNO6. The summed E-state index contributed by atoms with van der Waals surface area (Å²) in [5.41, 5.74) is 1.56. The van der Waals surface area contributed by atoms with Crippen LogP contribution in [0.2, 0.25) is 5.02 Å². The first-order valence-electron chi connectivity index (χ1n) is 10.5. The standard InChI is InChI=1S/C26H20ClNO6/c1-13-6-4-5-7-17(13)28-22(18-9-8-14(2)33-18)21(24(30)26(28)31)23(29)19-11-15-10-16(27)12-20(32-3)25(15)34-19/h4-12,22,30H,1-3H3. The van der Waals surface area contributed by atoms with Crippen LogP contribution in [0.15, 0.2) is 74.8 Å². The Morgan fingerprint density at radius 3 is 2.53 bits per heavy atom. The number of rotatable bonds is 5. The van der Waals surface area contributed by atoms with Gasteiger partial charge in [0.1, 0.15) is 17.6 Å². The fourth-order valence-electron chi connectivity index (χ4n) is 4.27. The van der Waals surface area contributed by atoms with E-state index in [1.54, 1.807) is 43.3 Å². The average Bonchev–Trinajstić information content (AvgIpc) is 3.50. The van der Waals surface area contributed by atoms with E-state index in [1.165, 1.54) is 18.1 Å². The average molecular weight is 478 g/mol. The fourth-order valence-corrected chi connectivity index (χ4v) is 4.49. The zero-order valence-corrected chi connectivity index (χ0v) is 19.3. The molecule has 172 valence electrons. The lowest BCUT2D eigenvalue weighted by Crippen LogP contribution is -2.31. The maximum absolute atomic E-state index is 13.7. The molecule has 0 spiro atoms. The van der Waals surface area contributed by atoms with Crippen molar-refractivity contribution in [2.45, 2.75) is 19.9 Å². The van der Waals surface area contributed by atoms with Crippen LogP contribution < -0.4 is 9.64 Å². The van der Waals surface area contributed by atoms with Crippen molar-refractivity contribution in [3.63, 3.8) is 0 Å². The minimum atomic E-state index is -0.978. The Balaban J connectivity index is 1.67. The predicted molar refractivity (Wildman–Crippen MR) is 127 cm³/mol. The topological polar surface area (TPSA) is 93.1 Å². The van der Waals surface area contributed by atoms with Gasteiger partial charge in [0.15, 0.2) is 22.9 Å². The van der Waals surface area contributed by atoms with E-state index in [1.807, 2.05) is 19.1 Å². The number of benzene rings is 2. The number of Topliss-reactive ketones (excluding diaryl/α,β-unsaturated/α-hetero) is 1. The highest BCUT2D eigenvalue weighted by atomic mass is 35.5. The van der Waals surface area contributed by atoms with Gasteiger partial charge in [-0.1, -0.05) is 29.8 Å². The molecule has 0 saturated heterocycles. The predicted octanol–water partition coefficient (Wildman–Crippen LogP) is 6.09. The SMILES string of the molecule is COc1cc(Cl)cc2cc(C(=O)C3=C(O)C(=O)N(c4ccccc4C)C3c3ccc(C)o3)oc12. The van der Waals surface area contributed by atoms with E-state index in [2.05, 4.69) is 0 Å². The number of aliphatic hydroxyl groups is 1. The van der Waals surface area contributed by atoms with Crippen molar-refractivity contribution in [3.05, 3.63) is 93.8 Å². The van der Waals surface area contributed by atoms with Crippen LogP contribution in [-0.4, -0.2) is 23.9 Å². The summed E-state index contributed by atoms with van der Waals surface area (Å²) >= 11 is 6.15. The highest BCUT2D eigenvalue weighted by molar-refractivity contribution is 6.31. The smallest absolute Gasteiger partial charge is 0.294 e. The van der Waals surface area contributed by atoms with Gasteiger partial charge < -0.3 is 18.7 Å². The van der Waals surface area contributed by atoms with Gasteiger partial charge in [-0.25, -0.2) is 0 Å². The summed E-state index contributed by atoms with van der Waals surface area (Å²) in [7, 11) is 1.47. The molecule has 5 rings (SSSR count). The molecule has 0 bridgehead atoms. The Morgan fingerprint density at radius 1 is 1.09 bits per heavy atom. The monoisotopic (exact) mass is 477 g/mol. The number of hydrogen-bond donors (Lipinski definition) is 1. The van der Waals surface area contributed by atoms with E-state index in [0.717, 1.165) is 5.56 Å². The molecule has 0 aliphatic carbocycles. The molecule has 7 nitrogen and oxygen atoms in total. The number of para-hydroxylation sites is 1. The number of anilines is 1. The summed E-state index contributed by atoms with van der Waals surface area (Å²) < 4.78 is 17.0. The van der Waals surface area contributed by atoms with Gasteiger partial charge in [0.05, 0.1) is 12.7 Å². The molecule has 1 aliphatic rings. The Kier molecular flexibility index (Phi) is 5.21. The number of aryl methyl sites for hydroxylation is 2. The quantitative estimate of drug-likeness (QED) is 0.350. The van der Waals surface area contributed by atoms with Crippen LogP contribution in [0.1, 0.15) is 33.7 Å². The van der Waals surface area contributed by atoms with Crippen LogP contribution in [0.25, 0.3) is 11.0 Å². The first-order valence-corrected chi connectivity index (χ1v) is 10.9. The molecule has 0 saturated carbocycles. The maximum Gasteiger partial charge on any atom is 0.294 e. The molecule has 34 heavy (non-hydrogen) atoms. The van der Waals surface area contributed by atoms with Gasteiger partial charge >= 0.3 is 0 Å². The van der Waals surface area contributed by atoms with Gasteiger partial charge in [-0.2, -0.15) is 0 Å². The fraction of sp³-hybridized carbons (Fsp3) is 0.154. The molecule has 4 aromatic rings. The van der Waals surface area contributed by atoms with Crippen LogP contribution in [0.5, 0.6) is 5.75 Å². The zero-order chi connectivity index (χ0) is 24.1. The number of ketones is 1. The van der Waals surface area contributed by atoms with Gasteiger partial charge in [0.2, 0.25) is 5.78 Å². The van der Waals surface area contributed by atoms with Gasteiger partial charge in [-0.05, 0) is 49.7 Å². The normalized spacial score (nSPS) is 16.1. The molecule has 0 fully saturated rings. The molecule has 1 aliphatic heterocycles. The Bertz CT molecular complexity index is 1490. The highest BCUT2D eigenvalue weighted by Gasteiger charge is 2.47. The number of nitrogens with zero attached hydrogens (tertiary/aromatic N) is 1. The molecule has 0 radical (unpaired) electrons. The van der Waals surface area contributed by atoms with Crippen LogP contribution in [0.4, 0.5) is 5.69 Å². The second kappa shape index (κ2) is 8.11. The Labute approximate surface area is 199 Å². The lowest BCUT2D eigenvalue weighted by atomic mass is 9.99. The van der Waals surface area contributed by atoms with Crippen LogP contribution >= 0.6 is 11.6 Å². The zero-order valence-electron chi connectivity index (χ0n) is 18.6. The van der Waals surface area contributed by atoms with Crippen molar-refractivity contribution in [2.75, 3.05) is 12.0 Å². The number of carbonyl (C=O) groups is 2. The number of fused-ring (bicyclic) bond motifs is 1. The first kappa shape index (κ1) is 21.9. The van der Waals surface area contributed by atoms with E-state index >= 15 is 0 Å². The van der Waals surface area contributed by atoms with Crippen molar-refractivity contribution in [3.8, 4) is 5.75 Å². The lowest BCUT2D eigenvalue weighted by Gasteiger charge is -2.26. The number of hydrogen-bond acceptors (Lipinski definition) is 6. The summed E-state index contributed by atoms with van der Waals surface area (Å²) in [6.07, 6.45) is 0. The Hall–Kier alpha value is -3.97. The number of carbonyl (C=O) groups excluding carboxylic acids is 2. The third-order valence-corrected chi connectivity index (χ3v) is 6.07. The van der Waals surface area contributed by atoms with Gasteiger partial charge in [-0.3, -0.25) is 14.5 Å². The number of amides is 1.